The summed E-state index contributed by atoms with van der Waals surface area (Å²) in [4.78, 5) is 11.3. The van der Waals surface area contributed by atoms with E-state index in [0.29, 0.717) is 12.5 Å². The summed E-state index contributed by atoms with van der Waals surface area (Å²) in [6.07, 6.45) is 15.7. The normalized spacial score (nSPS) is 20.7. The van der Waals surface area contributed by atoms with Gasteiger partial charge in [0.05, 0.1) is 6.61 Å². The van der Waals surface area contributed by atoms with Crippen molar-refractivity contribution in [2.75, 3.05) is 6.61 Å². The molecule has 0 spiro atoms. The Hall–Kier alpha value is -1.83. The quantitative estimate of drug-likeness (QED) is 0.357. The van der Waals surface area contributed by atoms with Crippen molar-refractivity contribution in [1.29, 1.82) is 0 Å². The second kappa shape index (κ2) is 10.0. The van der Waals surface area contributed by atoms with Crippen molar-refractivity contribution >= 4 is 5.97 Å². The van der Waals surface area contributed by atoms with Gasteiger partial charge in [0.2, 0.25) is 0 Å². The summed E-state index contributed by atoms with van der Waals surface area (Å²) in [5, 5.41) is 0. The van der Waals surface area contributed by atoms with Gasteiger partial charge >= 0.3 is 5.97 Å². The van der Waals surface area contributed by atoms with E-state index in [2.05, 4.69) is 39.0 Å². The monoisotopic (exact) mass is 314 g/mol. The fraction of sp³-hybridized carbons (Fsp3) is 0.476. The molecule has 1 unspecified atom stereocenters. The lowest BCUT2D eigenvalue weighted by atomic mass is 9.84. The summed E-state index contributed by atoms with van der Waals surface area (Å²) in [5.74, 6) is 0.377. The van der Waals surface area contributed by atoms with Crippen molar-refractivity contribution in [2.45, 2.75) is 53.9 Å². The number of allylic oxidation sites excluding steroid dienone is 9. The molecule has 0 heterocycles. The van der Waals surface area contributed by atoms with Gasteiger partial charge in [-0.05, 0) is 64.0 Å². The fourth-order valence-corrected chi connectivity index (χ4v) is 2.75. The Morgan fingerprint density at radius 3 is 2.65 bits per heavy atom. The number of ether oxygens (including phenoxy) is 1. The van der Waals surface area contributed by atoms with Crippen LogP contribution in [0.3, 0.4) is 0 Å². The van der Waals surface area contributed by atoms with E-state index < -0.39 is 0 Å². The van der Waals surface area contributed by atoms with Crippen LogP contribution in [0.2, 0.25) is 0 Å². The molecule has 0 aromatic rings. The van der Waals surface area contributed by atoms with E-state index in [9.17, 15) is 4.79 Å². The molecule has 0 N–H and O–H groups in total. The van der Waals surface area contributed by atoms with Crippen molar-refractivity contribution in [2.24, 2.45) is 5.92 Å². The molecule has 1 rings (SSSR count). The minimum Gasteiger partial charge on any atom is -0.463 e. The maximum Gasteiger partial charge on any atom is 0.330 e. The maximum absolute atomic E-state index is 11.3. The molecule has 0 aromatic carbocycles. The largest absolute Gasteiger partial charge is 0.463 e. The lowest BCUT2D eigenvalue weighted by Gasteiger charge is -2.22. The molecule has 0 fully saturated rings. The third-order valence-electron chi connectivity index (χ3n) is 4.09. The van der Waals surface area contributed by atoms with Gasteiger partial charge < -0.3 is 4.74 Å². The highest BCUT2D eigenvalue weighted by atomic mass is 16.5. The Balaban J connectivity index is 2.65. The van der Waals surface area contributed by atoms with Crippen LogP contribution in [0, 0.1) is 5.92 Å². The highest BCUT2D eigenvalue weighted by molar-refractivity contribution is 5.83. The van der Waals surface area contributed by atoms with E-state index in [1.54, 1.807) is 6.92 Å². The van der Waals surface area contributed by atoms with Gasteiger partial charge in [0.15, 0.2) is 0 Å². The molecule has 0 radical (unpaired) electrons. The number of esters is 1. The summed E-state index contributed by atoms with van der Waals surface area (Å²) >= 11 is 0. The fourth-order valence-electron chi connectivity index (χ4n) is 2.75. The molecule has 126 valence electrons. The molecule has 23 heavy (non-hydrogen) atoms. The molecule has 1 aliphatic carbocycles. The molecule has 2 nitrogen and oxygen atoms in total. The van der Waals surface area contributed by atoms with Crippen LogP contribution in [0.15, 0.2) is 58.7 Å². The van der Waals surface area contributed by atoms with Crippen LogP contribution in [-0.4, -0.2) is 12.6 Å². The Kier molecular flexibility index (Phi) is 8.39. The van der Waals surface area contributed by atoms with Gasteiger partial charge in [-0.3, -0.25) is 0 Å². The van der Waals surface area contributed by atoms with Crippen LogP contribution in [-0.2, 0) is 9.53 Å². The Morgan fingerprint density at radius 1 is 1.26 bits per heavy atom. The predicted octanol–water partition coefficient (Wildman–Crippen LogP) is 5.69. The first-order valence-corrected chi connectivity index (χ1v) is 8.51. The van der Waals surface area contributed by atoms with Crippen molar-refractivity contribution in [3.8, 4) is 0 Å². The first-order valence-electron chi connectivity index (χ1n) is 8.51. The minimum absolute atomic E-state index is 0.288. The molecule has 1 aliphatic rings. The third-order valence-corrected chi connectivity index (χ3v) is 4.09. The smallest absolute Gasteiger partial charge is 0.330 e. The van der Waals surface area contributed by atoms with Crippen LogP contribution >= 0.6 is 0 Å². The van der Waals surface area contributed by atoms with E-state index in [1.165, 1.54) is 42.1 Å². The number of hydrogen-bond acceptors (Lipinski definition) is 2. The first-order chi connectivity index (χ1) is 10.9. The summed E-state index contributed by atoms with van der Waals surface area (Å²) in [5.41, 5.74) is 5.10. The van der Waals surface area contributed by atoms with E-state index in [1.807, 2.05) is 19.1 Å². The van der Waals surface area contributed by atoms with E-state index in [4.69, 9.17) is 4.74 Å². The van der Waals surface area contributed by atoms with Gasteiger partial charge in [0.25, 0.3) is 0 Å². The van der Waals surface area contributed by atoms with E-state index in [-0.39, 0.29) is 5.97 Å². The third kappa shape index (κ3) is 7.32. The van der Waals surface area contributed by atoms with Gasteiger partial charge in [-0.15, -0.1) is 0 Å². The molecule has 0 saturated heterocycles. The zero-order valence-electron chi connectivity index (χ0n) is 15.2. The molecular formula is C21H30O2. The van der Waals surface area contributed by atoms with Crippen LogP contribution in [0.1, 0.15) is 53.9 Å². The number of carbonyl (C=O) groups is 1. The Bertz CT molecular complexity index is 556. The highest BCUT2D eigenvalue weighted by Crippen LogP contribution is 2.30. The molecule has 1 atom stereocenters. The summed E-state index contributed by atoms with van der Waals surface area (Å²) in [6, 6.07) is 0. The zero-order valence-corrected chi connectivity index (χ0v) is 15.2. The molecule has 0 saturated carbocycles. The van der Waals surface area contributed by atoms with Crippen LogP contribution in [0.25, 0.3) is 0 Å². The molecule has 2 heteroatoms. The highest BCUT2D eigenvalue weighted by Gasteiger charge is 2.14. The number of hydrogen-bond donors (Lipinski definition) is 0. The predicted molar refractivity (Wildman–Crippen MR) is 98.1 cm³/mol. The second-order valence-corrected chi connectivity index (χ2v) is 6.27. The van der Waals surface area contributed by atoms with Crippen LogP contribution in [0.4, 0.5) is 0 Å². The van der Waals surface area contributed by atoms with E-state index in [0.717, 1.165) is 5.57 Å². The first kappa shape index (κ1) is 19.2. The summed E-state index contributed by atoms with van der Waals surface area (Å²) < 4.78 is 4.88. The van der Waals surface area contributed by atoms with Gasteiger partial charge in [-0.25, -0.2) is 4.79 Å². The van der Waals surface area contributed by atoms with Gasteiger partial charge in [-0.2, -0.15) is 0 Å². The van der Waals surface area contributed by atoms with Crippen molar-refractivity contribution in [1.82, 2.24) is 0 Å². The zero-order chi connectivity index (χ0) is 17.2. The summed E-state index contributed by atoms with van der Waals surface area (Å²) in [6.45, 7) is 10.8. The standard InChI is InChI=1S/C21H30O2/c1-6-23-21(22)15-17(3)10-7-9-16(2)13-14-20-18(4)11-8-12-19(20)5/h7,9-10,13-15,18H,6,8,11-12H2,1-5H3/b10-7+,14-13+,16-9+,17-15+. The molecule has 0 aromatic heterocycles. The average molecular weight is 314 g/mol. The Labute approximate surface area is 141 Å². The van der Waals surface area contributed by atoms with Gasteiger partial charge in [-0.1, -0.05) is 48.5 Å². The number of rotatable bonds is 6. The maximum atomic E-state index is 11.3. The molecule has 0 bridgehead atoms. The number of carbonyl (C=O) groups excluding carboxylic acids is 1. The lowest BCUT2D eigenvalue weighted by molar-refractivity contribution is -0.137. The lowest BCUT2D eigenvalue weighted by Crippen LogP contribution is -2.06. The topological polar surface area (TPSA) is 26.3 Å². The van der Waals surface area contributed by atoms with Crippen molar-refractivity contribution in [3.05, 3.63) is 58.7 Å². The van der Waals surface area contributed by atoms with Crippen molar-refractivity contribution < 1.29 is 9.53 Å². The minimum atomic E-state index is -0.288. The second-order valence-electron chi connectivity index (χ2n) is 6.27. The SMILES string of the molecule is CCOC(=O)/C=C(C)/C=C/C=C(C)/C=C/C1=C(C)CCCC1C. The van der Waals surface area contributed by atoms with Crippen LogP contribution in [0.5, 0.6) is 0 Å². The van der Waals surface area contributed by atoms with Crippen molar-refractivity contribution in [3.63, 3.8) is 0 Å². The Morgan fingerprint density at radius 2 is 2.00 bits per heavy atom. The average Bonchev–Trinajstić information content (AvgIpc) is 2.46. The van der Waals surface area contributed by atoms with Gasteiger partial charge in [0, 0.05) is 6.08 Å². The van der Waals surface area contributed by atoms with Gasteiger partial charge in [0.1, 0.15) is 0 Å². The van der Waals surface area contributed by atoms with Crippen LogP contribution < -0.4 is 0 Å². The molecule has 0 aliphatic heterocycles. The molecule has 0 amide bonds. The van der Waals surface area contributed by atoms with E-state index >= 15 is 0 Å². The molecular weight excluding hydrogens is 284 g/mol. The summed E-state index contributed by atoms with van der Waals surface area (Å²) in [7, 11) is 0.